The van der Waals surface area contributed by atoms with Crippen molar-refractivity contribution in [3.8, 4) is 0 Å². The predicted molar refractivity (Wildman–Crippen MR) is 358 cm³/mol. The second-order valence-corrected chi connectivity index (χ2v) is 29.1. The van der Waals surface area contributed by atoms with Crippen molar-refractivity contribution < 1.29 is 80.2 Å². The number of aliphatic hydroxyl groups excluding tert-OH is 1. The van der Waals surface area contributed by atoms with E-state index in [-0.39, 0.29) is 25.7 Å². The predicted octanol–water partition coefficient (Wildman–Crippen LogP) is 20.0. The minimum Gasteiger partial charge on any atom is -0.462 e. The third kappa shape index (κ3) is 64.6. The molecule has 0 aromatic rings. The average Bonchev–Trinajstić information content (AvgIpc) is 3.70. The van der Waals surface area contributed by atoms with Crippen molar-refractivity contribution in [2.45, 2.75) is 374 Å². The quantitative estimate of drug-likeness (QED) is 0.0222. The smallest absolute Gasteiger partial charge is 0.462 e. The maximum Gasteiger partial charge on any atom is 0.472 e. The minimum atomic E-state index is -4.95. The standard InChI is InChI=1S/C70H136O17P2/c1-7-9-11-13-15-17-19-20-21-22-23-24-25-26-28-36-42-48-54-69(74)86-65(58-81-68(73)53-47-41-35-30-29-32-38-44-50-62(3)4)60-84-88(76,77)82-56-64(71)57-83-89(78,79)85-61-66(87-70(75)55-49-43-37-31-33-39-45-51-63(5)6)59-80-67(72)52-46-40-34-27-18-16-14-12-10-8-2/h62-66,71H,7-61H2,1-6H3,(H,76,77)(H,78,79)/t64-,65-,66-/m1/s1. The van der Waals surface area contributed by atoms with Crippen LogP contribution in [-0.4, -0.2) is 96.7 Å². The van der Waals surface area contributed by atoms with Gasteiger partial charge in [0.2, 0.25) is 0 Å². The maximum absolute atomic E-state index is 13.0. The van der Waals surface area contributed by atoms with Crippen LogP contribution in [0.5, 0.6) is 0 Å². The van der Waals surface area contributed by atoms with Crippen LogP contribution in [0.25, 0.3) is 0 Å². The van der Waals surface area contributed by atoms with Gasteiger partial charge in [0.1, 0.15) is 19.3 Å². The molecule has 0 saturated carbocycles. The van der Waals surface area contributed by atoms with E-state index in [9.17, 15) is 43.2 Å². The van der Waals surface area contributed by atoms with Gasteiger partial charge in [0, 0.05) is 25.7 Å². The van der Waals surface area contributed by atoms with E-state index in [0.29, 0.717) is 31.6 Å². The Labute approximate surface area is 543 Å². The Hall–Kier alpha value is -1.94. The first kappa shape index (κ1) is 87.1. The Kier molecular flexibility index (Phi) is 60.8. The molecule has 0 radical (unpaired) electrons. The first-order valence-corrected chi connectivity index (χ1v) is 39.5. The number of hydrogen-bond donors (Lipinski definition) is 3. The molecule has 0 heterocycles. The fraction of sp³-hybridized carbons (Fsp3) is 0.943. The number of esters is 4. The zero-order valence-electron chi connectivity index (χ0n) is 57.7. The van der Waals surface area contributed by atoms with Gasteiger partial charge in [0.25, 0.3) is 0 Å². The van der Waals surface area contributed by atoms with Crippen LogP contribution in [0.15, 0.2) is 0 Å². The largest absolute Gasteiger partial charge is 0.472 e. The van der Waals surface area contributed by atoms with E-state index < -0.39 is 97.5 Å². The summed E-state index contributed by atoms with van der Waals surface area (Å²) >= 11 is 0. The van der Waals surface area contributed by atoms with Crippen LogP contribution in [0.2, 0.25) is 0 Å². The summed E-state index contributed by atoms with van der Waals surface area (Å²) in [5.41, 5.74) is 0. The van der Waals surface area contributed by atoms with Crippen LogP contribution in [0.1, 0.15) is 356 Å². The highest BCUT2D eigenvalue weighted by molar-refractivity contribution is 7.47. The van der Waals surface area contributed by atoms with Crippen LogP contribution in [0.4, 0.5) is 0 Å². The van der Waals surface area contributed by atoms with Gasteiger partial charge in [-0.15, -0.1) is 0 Å². The number of rotatable bonds is 69. The Morgan fingerprint density at radius 1 is 0.303 bits per heavy atom. The van der Waals surface area contributed by atoms with E-state index in [1.807, 2.05) is 0 Å². The van der Waals surface area contributed by atoms with E-state index in [2.05, 4.69) is 41.5 Å². The molecule has 0 aromatic carbocycles. The van der Waals surface area contributed by atoms with E-state index in [1.54, 1.807) is 0 Å². The van der Waals surface area contributed by atoms with Crippen molar-refractivity contribution >= 4 is 39.5 Å². The number of ether oxygens (including phenoxy) is 4. The Morgan fingerprint density at radius 3 is 0.764 bits per heavy atom. The number of phosphoric ester groups is 2. The molecule has 3 N–H and O–H groups in total. The lowest BCUT2D eigenvalue weighted by Gasteiger charge is -2.21. The second kappa shape index (κ2) is 62.2. The van der Waals surface area contributed by atoms with Gasteiger partial charge in [-0.1, -0.05) is 305 Å². The van der Waals surface area contributed by atoms with Crippen molar-refractivity contribution in [3.05, 3.63) is 0 Å². The molecule has 0 spiro atoms. The molecular weight excluding hydrogens is 1170 g/mol. The molecule has 17 nitrogen and oxygen atoms in total. The minimum absolute atomic E-state index is 0.104. The number of hydrogen-bond acceptors (Lipinski definition) is 15. The molecule has 528 valence electrons. The van der Waals surface area contributed by atoms with E-state index in [4.69, 9.17) is 37.0 Å². The van der Waals surface area contributed by atoms with E-state index in [0.717, 1.165) is 95.8 Å². The number of carbonyl (C=O) groups excluding carboxylic acids is 4. The normalized spacial score (nSPS) is 14.1. The SMILES string of the molecule is CCCCCCCCCCCCCCCCCCCCC(=O)O[C@H](COC(=O)CCCCCCCCCCC(C)C)COP(=O)(O)OC[C@@H](O)COP(=O)(O)OC[C@@H](COC(=O)CCCCCCCCCCCC)OC(=O)CCCCCCCCCC(C)C. The van der Waals surface area contributed by atoms with Gasteiger partial charge in [0.15, 0.2) is 12.2 Å². The maximum atomic E-state index is 13.0. The van der Waals surface area contributed by atoms with Gasteiger partial charge in [0.05, 0.1) is 26.4 Å². The monoisotopic (exact) mass is 1310 g/mol. The van der Waals surface area contributed by atoms with Gasteiger partial charge in [-0.2, -0.15) is 0 Å². The number of aliphatic hydroxyl groups is 1. The molecule has 0 aliphatic rings. The van der Waals surface area contributed by atoms with E-state index in [1.165, 1.54) is 173 Å². The summed E-state index contributed by atoms with van der Waals surface area (Å²) in [5.74, 6) is -0.705. The van der Waals surface area contributed by atoms with Gasteiger partial charge in [-0.3, -0.25) is 37.3 Å². The zero-order valence-corrected chi connectivity index (χ0v) is 59.5. The average molecular weight is 1310 g/mol. The molecule has 0 saturated heterocycles. The molecular formula is C70H136O17P2. The first-order chi connectivity index (χ1) is 42.9. The fourth-order valence-electron chi connectivity index (χ4n) is 10.6. The number of phosphoric acid groups is 2. The molecule has 0 aliphatic heterocycles. The highest BCUT2D eigenvalue weighted by Gasteiger charge is 2.30. The van der Waals surface area contributed by atoms with Gasteiger partial charge < -0.3 is 33.8 Å². The lowest BCUT2D eigenvalue weighted by atomic mass is 10.0. The first-order valence-electron chi connectivity index (χ1n) is 36.5. The third-order valence-electron chi connectivity index (χ3n) is 16.2. The highest BCUT2D eigenvalue weighted by atomic mass is 31.2. The Balaban J connectivity index is 5.21. The Morgan fingerprint density at radius 2 is 0.517 bits per heavy atom. The molecule has 89 heavy (non-hydrogen) atoms. The number of unbranched alkanes of at least 4 members (excludes halogenated alkanes) is 39. The van der Waals surface area contributed by atoms with Crippen LogP contribution in [0.3, 0.4) is 0 Å². The van der Waals surface area contributed by atoms with Gasteiger partial charge >= 0.3 is 39.5 Å². The summed E-state index contributed by atoms with van der Waals surface area (Å²) < 4.78 is 68.2. The summed E-state index contributed by atoms with van der Waals surface area (Å²) in [4.78, 5) is 72.5. The zero-order chi connectivity index (χ0) is 65.7. The van der Waals surface area contributed by atoms with Crippen LogP contribution in [0, 0.1) is 11.8 Å². The van der Waals surface area contributed by atoms with Crippen LogP contribution < -0.4 is 0 Å². The molecule has 19 heteroatoms. The topological polar surface area (TPSA) is 237 Å². The van der Waals surface area contributed by atoms with E-state index >= 15 is 0 Å². The lowest BCUT2D eigenvalue weighted by molar-refractivity contribution is -0.161. The molecule has 0 aromatic heterocycles. The number of carbonyl (C=O) groups is 4. The summed E-state index contributed by atoms with van der Waals surface area (Å²) in [6.45, 7) is 9.44. The molecule has 2 unspecified atom stereocenters. The Bertz CT molecular complexity index is 1730. The summed E-state index contributed by atoms with van der Waals surface area (Å²) in [6, 6.07) is 0. The summed E-state index contributed by atoms with van der Waals surface area (Å²) in [5, 5.41) is 10.6. The van der Waals surface area contributed by atoms with Crippen molar-refractivity contribution in [1.29, 1.82) is 0 Å². The molecule has 0 rings (SSSR count). The third-order valence-corrected chi connectivity index (χ3v) is 18.1. The van der Waals surface area contributed by atoms with Crippen LogP contribution >= 0.6 is 15.6 Å². The molecule has 5 atom stereocenters. The van der Waals surface area contributed by atoms with Gasteiger partial charge in [-0.05, 0) is 37.5 Å². The lowest BCUT2D eigenvalue weighted by Crippen LogP contribution is -2.30. The molecule has 0 fully saturated rings. The molecule has 0 amide bonds. The molecule has 0 bridgehead atoms. The van der Waals surface area contributed by atoms with Crippen LogP contribution in [-0.2, 0) is 65.4 Å². The fourth-order valence-corrected chi connectivity index (χ4v) is 12.2. The summed E-state index contributed by atoms with van der Waals surface area (Å²) in [6.07, 6.45) is 47.4. The van der Waals surface area contributed by atoms with Crippen molar-refractivity contribution in [1.82, 2.24) is 0 Å². The summed E-state index contributed by atoms with van der Waals surface area (Å²) in [7, 11) is -9.90. The second-order valence-electron chi connectivity index (χ2n) is 26.2. The van der Waals surface area contributed by atoms with Crippen molar-refractivity contribution in [3.63, 3.8) is 0 Å². The van der Waals surface area contributed by atoms with Gasteiger partial charge in [-0.25, -0.2) is 9.13 Å². The van der Waals surface area contributed by atoms with Crippen molar-refractivity contribution in [2.75, 3.05) is 39.6 Å². The highest BCUT2D eigenvalue weighted by Crippen LogP contribution is 2.45. The molecule has 0 aliphatic carbocycles. The van der Waals surface area contributed by atoms with Crippen molar-refractivity contribution in [2.24, 2.45) is 11.8 Å².